The van der Waals surface area contributed by atoms with E-state index in [1.807, 2.05) is 13.0 Å². The second kappa shape index (κ2) is 6.23. The maximum Gasteiger partial charge on any atom is 0.0438 e. The molecule has 0 aliphatic heterocycles. The van der Waals surface area contributed by atoms with Gasteiger partial charge in [0.15, 0.2) is 0 Å². The van der Waals surface area contributed by atoms with Gasteiger partial charge in [0.2, 0.25) is 0 Å². The molecule has 1 unspecified atom stereocenters. The molecule has 18 heavy (non-hydrogen) atoms. The van der Waals surface area contributed by atoms with Gasteiger partial charge in [-0.25, -0.2) is 0 Å². The molecule has 2 rings (SSSR count). The van der Waals surface area contributed by atoms with Crippen molar-refractivity contribution in [2.75, 3.05) is 0 Å². The van der Waals surface area contributed by atoms with Gasteiger partial charge in [0.05, 0.1) is 0 Å². The Bertz CT molecular complexity index is 535. The summed E-state index contributed by atoms with van der Waals surface area (Å²) in [7, 11) is 0. The van der Waals surface area contributed by atoms with Crippen LogP contribution in [-0.4, -0.2) is 0 Å². The van der Waals surface area contributed by atoms with Crippen LogP contribution in [0, 0.1) is 6.92 Å². The minimum atomic E-state index is 0.289. The van der Waals surface area contributed by atoms with E-state index in [1.54, 1.807) is 0 Å². The Labute approximate surface area is 130 Å². The van der Waals surface area contributed by atoms with Crippen molar-refractivity contribution in [2.24, 2.45) is 0 Å². The fourth-order valence-corrected chi connectivity index (χ4v) is 2.86. The second-order valence-electron chi connectivity index (χ2n) is 4.31. The van der Waals surface area contributed by atoms with Crippen LogP contribution in [0.15, 0.2) is 46.9 Å². The Morgan fingerprint density at radius 3 is 2.39 bits per heavy atom. The fraction of sp³-hybridized carbons (Fsp3) is 0.200. The molecule has 0 bridgehead atoms. The largest absolute Gasteiger partial charge is 0.0840 e. The van der Waals surface area contributed by atoms with Crippen molar-refractivity contribution in [3.63, 3.8) is 0 Å². The van der Waals surface area contributed by atoms with Crippen LogP contribution in [-0.2, 0) is 6.42 Å². The van der Waals surface area contributed by atoms with E-state index in [-0.39, 0.29) is 4.83 Å². The lowest BCUT2D eigenvalue weighted by atomic mass is 10.0. The summed E-state index contributed by atoms with van der Waals surface area (Å²) >= 11 is 13.3. The second-order valence-corrected chi connectivity index (χ2v) is 6.73. The average molecular weight is 389 g/mol. The van der Waals surface area contributed by atoms with E-state index in [2.05, 4.69) is 68.3 Å². The third kappa shape index (κ3) is 3.59. The van der Waals surface area contributed by atoms with Crippen LogP contribution in [0.5, 0.6) is 0 Å². The highest BCUT2D eigenvalue weighted by Gasteiger charge is 2.09. The van der Waals surface area contributed by atoms with Crippen LogP contribution in [0.25, 0.3) is 0 Å². The SMILES string of the molecule is Cc1ccc(C(Br)Cc2ccc(Br)cc2)cc1Cl. The van der Waals surface area contributed by atoms with E-state index in [1.165, 1.54) is 11.1 Å². The minimum absolute atomic E-state index is 0.289. The van der Waals surface area contributed by atoms with E-state index in [9.17, 15) is 0 Å². The van der Waals surface area contributed by atoms with Crippen molar-refractivity contribution in [1.29, 1.82) is 0 Å². The van der Waals surface area contributed by atoms with Crippen LogP contribution in [0.1, 0.15) is 21.5 Å². The van der Waals surface area contributed by atoms with Gasteiger partial charge in [-0.3, -0.25) is 0 Å². The van der Waals surface area contributed by atoms with Gasteiger partial charge in [-0.1, -0.05) is 67.7 Å². The van der Waals surface area contributed by atoms with Gasteiger partial charge in [-0.05, 0) is 48.2 Å². The van der Waals surface area contributed by atoms with Crippen LogP contribution >= 0.6 is 43.5 Å². The summed E-state index contributed by atoms with van der Waals surface area (Å²) in [6, 6.07) is 14.6. The summed E-state index contributed by atoms with van der Waals surface area (Å²) in [5.41, 5.74) is 3.63. The van der Waals surface area contributed by atoms with Crippen LogP contribution in [0.4, 0.5) is 0 Å². The molecule has 0 saturated carbocycles. The van der Waals surface area contributed by atoms with Crippen LogP contribution in [0.3, 0.4) is 0 Å². The first kappa shape index (κ1) is 14.1. The highest BCUT2D eigenvalue weighted by atomic mass is 79.9. The molecule has 0 heterocycles. The minimum Gasteiger partial charge on any atom is -0.0840 e. The van der Waals surface area contributed by atoms with Crippen molar-refractivity contribution in [3.05, 3.63) is 68.7 Å². The molecule has 0 nitrogen and oxygen atoms in total. The van der Waals surface area contributed by atoms with Crippen LogP contribution in [0.2, 0.25) is 5.02 Å². The maximum absolute atomic E-state index is 6.15. The summed E-state index contributed by atoms with van der Waals surface area (Å²) in [6.45, 7) is 2.02. The first-order valence-electron chi connectivity index (χ1n) is 5.71. The summed E-state index contributed by atoms with van der Waals surface area (Å²) in [4.78, 5) is 0.289. The first-order valence-corrected chi connectivity index (χ1v) is 7.79. The Hall–Kier alpha value is -0.310. The molecule has 94 valence electrons. The zero-order valence-corrected chi connectivity index (χ0v) is 13.9. The molecule has 2 aromatic rings. The quantitative estimate of drug-likeness (QED) is 0.558. The van der Waals surface area contributed by atoms with Gasteiger partial charge in [0.1, 0.15) is 0 Å². The number of hydrogen-bond donors (Lipinski definition) is 0. The smallest absolute Gasteiger partial charge is 0.0438 e. The molecular weight excluding hydrogens is 375 g/mol. The Morgan fingerprint density at radius 1 is 1.11 bits per heavy atom. The van der Waals surface area contributed by atoms with Gasteiger partial charge in [-0.2, -0.15) is 0 Å². The van der Waals surface area contributed by atoms with Gasteiger partial charge in [0, 0.05) is 14.3 Å². The number of benzene rings is 2. The molecule has 0 saturated heterocycles. The van der Waals surface area contributed by atoms with Gasteiger partial charge < -0.3 is 0 Å². The Morgan fingerprint density at radius 2 is 1.78 bits per heavy atom. The number of rotatable bonds is 3. The highest BCUT2D eigenvalue weighted by molar-refractivity contribution is 9.10. The van der Waals surface area contributed by atoms with Gasteiger partial charge in [-0.15, -0.1) is 0 Å². The van der Waals surface area contributed by atoms with Gasteiger partial charge >= 0.3 is 0 Å². The molecule has 0 aromatic heterocycles. The highest BCUT2D eigenvalue weighted by Crippen LogP contribution is 2.30. The molecular formula is C15H13Br2Cl. The Kier molecular flexibility index (Phi) is 4.88. The van der Waals surface area contributed by atoms with Crippen molar-refractivity contribution in [2.45, 2.75) is 18.2 Å². The summed E-state index contributed by atoms with van der Waals surface area (Å²) in [5, 5.41) is 0.827. The third-order valence-electron chi connectivity index (χ3n) is 2.89. The molecule has 0 amide bonds. The molecule has 0 aliphatic carbocycles. The molecule has 0 fully saturated rings. The van der Waals surface area contributed by atoms with Crippen LogP contribution < -0.4 is 0 Å². The van der Waals surface area contributed by atoms with E-state index in [0.29, 0.717) is 0 Å². The topological polar surface area (TPSA) is 0 Å². The zero-order valence-electron chi connectivity index (χ0n) is 9.96. The third-order valence-corrected chi connectivity index (χ3v) is 4.67. The molecule has 0 aliphatic rings. The van der Waals surface area contributed by atoms with Crippen molar-refractivity contribution >= 4 is 43.5 Å². The maximum atomic E-state index is 6.15. The average Bonchev–Trinajstić information content (AvgIpc) is 2.35. The Balaban J connectivity index is 2.13. The van der Waals surface area contributed by atoms with E-state index >= 15 is 0 Å². The van der Waals surface area contributed by atoms with Crippen molar-refractivity contribution in [1.82, 2.24) is 0 Å². The number of alkyl halides is 1. The van der Waals surface area contributed by atoms with E-state index in [4.69, 9.17) is 11.6 Å². The lowest BCUT2D eigenvalue weighted by Gasteiger charge is -2.11. The van der Waals surface area contributed by atoms with E-state index in [0.717, 1.165) is 21.5 Å². The molecule has 3 heteroatoms. The van der Waals surface area contributed by atoms with Crippen molar-refractivity contribution < 1.29 is 0 Å². The van der Waals surface area contributed by atoms with Crippen molar-refractivity contribution in [3.8, 4) is 0 Å². The summed E-state index contributed by atoms with van der Waals surface area (Å²) in [6.07, 6.45) is 0.951. The summed E-state index contributed by atoms with van der Waals surface area (Å²) in [5.74, 6) is 0. The molecule has 0 radical (unpaired) electrons. The lowest BCUT2D eigenvalue weighted by molar-refractivity contribution is 0.948. The van der Waals surface area contributed by atoms with E-state index < -0.39 is 0 Å². The predicted molar refractivity (Wildman–Crippen MR) is 85.7 cm³/mol. The van der Waals surface area contributed by atoms with Gasteiger partial charge in [0.25, 0.3) is 0 Å². The fourth-order valence-electron chi connectivity index (χ4n) is 1.75. The standard InChI is InChI=1S/C15H13Br2Cl/c1-10-2-5-12(9-15(10)18)14(17)8-11-3-6-13(16)7-4-11/h2-7,9,14H,8H2,1H3. The zero-order chi connectivity index (χ0) is 13.1. The normalized spacial score (nSPS) is 12.4. The number of aryl methyl sites for hydroxylation is 1. The number of hydrogen-bond acceptors (Lipinski definition) is 0. The number of halogens is 3. The molecule has 1 atom stereocenters. The first-order chi connectivity index (χ1) is 8.56. The predicted octanol–water partition coefficient (Wildman–Crippen LogP) is 6.09. The molecule has 0 N–H and O–H groups in total. The molecule has 0 spiro atoms. The molecule has 2 aromatic carbocycles. The lowest BCUT2D eigenvalue weighted by Crippen LogP contribution is -1.95. The summed E-state index contributed by atoms with van der Waals surface area (Å²) < 4.78 is 1.11. The monoisotopic (exact) mass is 386 g/mol.